The van der Waals surface area contributed by atoms with Crippen molar-refractivity contribution in [2.75, 3.05) is 37.7 Å². The van der Waals surface area contributed by atoms with Crippen molar-refractivity contribution in [3.05, 3.63) is 28.8 Å². The number of carbonyl (C=O) groups excluding carboxylic acids is 1. The number of hydrogen-bond acceptors (Lipinski definition) is 4. The number of piperidine rings is 1. The van der Waals surface area contributed by atoms with Crippen LogP contribution in [0.1, 0.15) is 37.7 Å². The Morgan fingerprint density at radius 3 is 2.77 bits per heavy atom. The van der Waals surface area contributed by atoms with E-state index in [9.17, 15) is 4.79 Å². The summed E-state index contributed by atoms with van der Waals surface area (Å²) >= 11 is 6.22. The van der Waals surface area contributed by atoms with Crippen molar-refractivity contribution in [1.29, 1.82) is 5.26 Å². The number of nitrogens with zero attached hydrogens (tertiary/aromatic N) is 3. The second-order valence-corrected chi connectivity index (χ2v) is 8.08. The van der Waals surface area contributed by atoms with E-state index in [4.69, 9.17) is 21.6 Å². The molecule has 0 radical (unpaired) electrons. The van der Waals surface area contributed by atoms with Crippen LogP contribution in [0.2, 0.25) is 5.02 Å². The molecule has 1 spiro atoms. The minimum Gasteiger partial charge on any atom is -0.381 e. The third kappa shape index (κ3) is 3.06. The molecular weight excluding hydrogens is 350 g/mol. The highest BCUT2D eigenvalue weighted by atomic mass is 35.5. The van der Waals surface area contributed by atoms with Gasteiger partial charge < -0.3 is 14.5 Å². The summed E-state index contributed by atoms with van der Waals surface area (Å²) in [6, 6.07) is 8.01. The van der Waals surface area contributed by atoms with E-state index >= 15 is 0 Å². The molecule has 6 heteroatoms. The predicted molar refractivity (Wildman–Crippen MR) is 100 cm³/mol. The van der Waals surface area contributed by atoms with Crippen molar-refractivity contribution in [2.24, 2.45) is 5.41 Å². The molecule has 26 heavy (non-hydrogen) atoms. The van der Waals surface area contributed by atoms with Gasteiger partial charge in [0.05, 0.1) is 16.0 Å². The molecule has 0 saturated carbocycles. The van der Waals surface area contributed by atoms with E-state index in [1.165, 1.54) is 0 Å². The molecule has 5 nitrogen and oxygen atoms in total. The van der Waals surface area contributed by atoms with Crippen molar-refractivity contribution < 1.29 is 9.53 Å². The summed E-state index contributed by atoms with van der Waals surface area (Å²) in [4.78, 5) is 17.7. The van der Waals surface area contributed by atoms with Gasteiger partial charge in [0.25, 0.3) is 0 Å². The highest BCUT2D eigenvalue weighted by Crippen LogP contribution is 2.43. The van der Waals surface area contributed by atoms with Gasteiger partial charge in [0.15, 0.2) is 0 Å². The van der Waals surface area contributed by atoms with Gasteiger partial charge in [0.2, 0.25) is 5.91 Å². The van der Waals surface area contributed by atoms with Crippen molar-refractivity contribution in [1.82, 2.24) is 4.90 Å². The summed E-state index contributed by atoms with van der Waals surface area (Å²) in [5.74, 6) is 0.328. The van der Waals surface area contributed by atoms with E-state index in [-0.39, 0.29) is 5.41 Å². The lowest BCUT2D eigenvalue weighted by atomic mass is 9.78. The Labute approximate surface area is 159 Å². The van der Waals surface area contributed by atoms with E-state index in [1.54, 1.807) is 6.07 Å². The minimum absolute atomic E-state index is 0.267. The Balaban J connectivity index is 1.52. The molecule has 1 aromatic rings. The van der Waals surface area contributed by atoms with E-state index in [0.717, 1.165) is 70.6 Å². The maximum atomic E-state index is 13.3. The monoisotopic (exact) mass is 373 g/mol. The number of nitriles is 1. The molecule has 3 aliphatic rings. The summed E-state index contributed by atoms with van der Waals surface area (Å²) in [6.07, 6.45) is 4.81. The first-order chi connectivity index (χ1) is 12.6. The van der Waals surface area contributed by atoms with Crippen molar-refractivity contribution >= 4 is 23.2 Å². The molecule has 4 rings (SSSR count). The van der Waals surface area contributed by atoms with Crippen LogP contribution in [0.3, 0.4) is 0 Å². The quantitative estimate of drug-likeness (QED) is 0.798. The fourth-order valence-electron chi connectivity index (χ4n) is 4.71. The number of benzene rings is 1. The van der Waals surface area contributed by atoms with Gasteiger partial charge in [-0.15, -0.1) is 0 Å². The lowest BCUT2D eigenvalue weighted by molar-refractivity contribution is -0.139. The first-order valence-corrected chi connectivity index (χ1v) is 9.84. The Morgan fingerprint density at radius 1 is 1.23 bits per heavy atom. The standard InChI is InChI=1S/C20H24ClN3O2/c21-18-12-17(3-2-15(18)13-22)23-8-1-6-20(14-23)7-9-24(19(20)25)16-4-10-26-11-5-16/h2-3,12,16H,1,4-11,14H2/t20-/m1/s1. The molecule has 0 aliphatic carbocycles. The zero-order chi connectivity index (χ0) is 18.1. The maximum Gasteiger partial charge on any atom is 0.230 e. The van der Waals surface area contributed by atoms with Crippen LogP contribution in [0.25, 0.3) is 0 Å². The minimum atomic E-state index is -0.267. The van der Waals surface area contributed by atoms with Gasteiger partial charge in [-0.05, 0) is 50.3 Å². The lowest BCUT2D eigenvalue weighted by Gasteiger charge is -2.41. The number of ether oxygens (including phenoxy) is 1. The average molecular weight is 374 g/mol. The molecule has 3 fully saturated rings. The maximum absolute atomic E-state index is 13.3. The largest absolute Gasteiger partial charge is 0.381 e. The number of anilines is 1. The number of carbonyl (C=O) groups is 1. The van der Waals surface area contributed by atoms with Crippen LogP contribution in [0.5, 0.6) is 0 Å². The third-order valence-corrected chi connectivity index (χ3v) is 6.51. The Morgan fingerprint density at radius 2 is 2.04 bits per heavy atom. The number of likely N-dealkylation sites (tertiary alicyclic amines) is 1. The van der Waals surface area contributed by atoms with Gasteiger partial charge in [-0.25, -0.2) is 0 Å². The topological polar surface area (TPSA) is 56.6 Å². The molecule has 0 bridgehead atoms. The fraction of sp³-hybridized carbons (Fsp3) is 0.600. The predicted octanol–water partition coefficient (Wildman–Crippen LogP) is 3.21. The molecule has 3 aliphatic heterocycles. The van der Waals surface area contributed by atoms with Crippen LogP contribution in [0.15, 0.2) is 18.2 Å². The summed E-state index contributed by atoms with van der Waals surface area (Å²) in [5, 5.41) is 9.55. The second-order valence-electron chi connectivity index (χ2n) is 7.67. The summed E-state index contributed by atoms with van der Waals surface area (Å²) in [6.45, 7) is 4.06. The van der Waals surface area contributed by atoms with Gasteiger partial charge in [-0.2, -0.15) is 5.26 Å². The molecule has 0 N–H and O–H groups in total. The first kappa shape index (κ1) is 17.6. The normalized spacial score (nSPS) is 27.2. The van der Waals surface area contributed by atoms with Crippen molar-refractivity contribution in [3.63, 3.8) is 0 Å². The fourth-order valence-corrected chi connectivity index (χ4v) is 4.93. The van der Waals surface area contributed by atoms with Gasteiger partial charge in [-0.3, -0.25) is 4.79 Å². The molecule has 3 heterocycles. The summed E-state index contributed by atoms with van der Waals surface area (Å²) in [7, 11) is 0. The highest BCUT2D eigenvalue weighted by Gasteiger charge is 2.50. The molecule has 1 amide bonds. The molecule has 0 aromatic heterocycles. The van der Waals surface area contributed by atoms with Crippen molar-refractivity contribution in [2.45, 2.75) is 38.1 Å². The van der Waals surface area contributed by atoms with E-state index < -0.39 is 0 Å². The summed E-state index contributed by atoms with van der Waals surface area (Å²) in [5.41, 5.74) is 1.23. The number of amides is 1. The zero-order valence-corrected chi connectivity index (χ0v) is 15.7. The average Bonchev–Trinajstić information content (AvgIpc) is 2.98. The molecule has 138 valence electrons. The molecule has 0 unspecified atom stereocenters. The Bertz CT molecular complexity index is 741. The van der Waals surface area contributed by atoms with Gasteiger partial charge >= 0.3 is 0 Å². The smallest absolute Gasteiger partial charge is 0.230 e. The molecule has 1 aromatic carbocycles. The zero-order valence-electron chi connectivity index (χ0n) is 14.9. The molecular formula is C20H24ClN3O2. The van der Waals surface area contributed by atoms with Crippen LogP contribution in [-0.2, 0) is 9.53 Å². The lowest BCUT2D eigenvalue weighted by Crippen LogP contribution is -2.50. The van der Waals surface area contributed by atoms with Crippen molar-refractivity contribution in [3.8, 4) is 6.07 Å². The number of rotatable bonds is 2. The first-order valence-electron chi connectivity index (χ1n) is 9.46. The Kier molecular flexibility index (Phi) is 4.81. The van der Waals surface area contributed by atoms with Gasteiger partial charge in [0, 0.05) is 44.6 Å². The van der Waals surface area contributed by atoms with Crippen LogP contribution >= 0.6 is 11.6 Å². The Hall–Kier alpha value is -1.77. The molecule has 1 atom stereocenters. The highest BCUT2D eigenvalue weighted by molar-refractivity contribution is 6.32. The van der Waals surface area contributed by atoms with Crippen LogP contribution in [-0.4, -0.2) is 49.7 Å². The van der Waals surface area contributed by atoms with Gasteiger partial charge in [0.1, 0.15) is 6.07 Å². The van der Waals surface area contributed by atoms with Gasteiger partial charge in [-0.1, -0.05) is 11.6 Å². The SMILES string of the molecule is N#Cc1ccc(N2CCC[C@@]3(CCN(C4CCOCC4)C3=O)C2)cc1Cl. The van der Waals surface area contributed by atoms with E-state index in [0.29, 0.717) is 22.5 Å². The number of hydrogen-bond donors (Lipinski definition) is 0. The van der Waals surface area contributed by atoms with E-state index in [1.807, 2.05) is 12.1 Å². The van der Waals surface area contributed by atoms with Crippen LogP contribution < -0.4 is 4.90 Å². The van der Waals surface area contributed by atoms with Crippen LogP contribution in [0.4, 0.5) is 5.69 Å². The van der Waals surface area contributed by atoms with E-state index in [2.05, 4.69) is 15.9 Å². The second kappa shape index (κ2) is 7.09. The third-order valence-electron chi connectivity index (χ3n) is 6.19. The molecule has 3 saturated heterocycles. The summed E-state index contributed by atoms with van der Waals surface area (Å²) < 4.78 is 5.45. The van der Waals surface area contributed by atoms with Crippen LogP contribution in [0, 0.1) is 16.7 Å². The number of halogens is 1.